The average Bonchev–Trinajstić information content (AvgIpc) is 3.28. The van der Waals surface area contributed by atoms with E-state index in [9.17, 15) is 9.90 Å². The number of aryl methyl sites for hydroxylation is 2. The van der Waals surface area contributed by atoms with Crippen LogP contribution in [0.15, 0.2) is 12.1 Å². The third kappa shape index (κ3) is 4.01. The molecule has 1 amide bonds. The highest BCUT2D eigenvalue weighted by Crippen LogP contribution is 2.39. The van der Waals surface area contributed by atoms with Crippen molar-refractivity contribution in [2.24, 2.45) is 5.92 Å². The molecule has 1 saturated carbocycles. The van der Waals surface area contributed by atoms with Gasteiger partial charge in [0.15, 0.2) is 0 Å². The predicted molar refractivity (Wildman–Crippen MR) is 87.1 cm³/mol. The number of ether oxygens (including phenoxy) is 1. The zero-order valence-corrected chi connectivity index (χ0v) is 14.0. The molecule has 4 nitrogen and oxygen atoms in total. The molecule has 1 fully saturated rings. The summed E-state index contributed by atoms with van der Waals surface area (Å²) >= 11 is 0. The SMILES string of the molecule is Cc1cc(C)c(C)c(OCCC(=O)NC(C)(CO)C2CC2)c1. The van der Waals surface area contributed by atoms with Gasteiger partial charge in [-0.15, -0.1) is 0 Å². The summed E-state index contributed by atoms with van der Waals surface area (Å²) in [6.45, 7) is 8.37. The van der Waals surface area contributed by atoms with Crippen LogP contribution in [0, 0.1) is 26.7 Å². The third-order valence-corrected chi connectivity index (χ3v) is 4.58. The van der Waals surface area contributed by atoms with Crippen molar-refractivity contribution in [2.75, 3.05) is 13.2 Å². The molecule has 1 aliphatic carbocycles. The quantitative estimate of drug-likeness (QED) is 0.814. The maximum atomic E-state index is 12.1. The lowest BCUT2D eigenvalue weighted by atomic mass is 9.97. The first kappa shape index (κ1) is 16.8. The van der Waals surface area contributed by atoms with E-state index in [1.54, 1.807) is 0 Å². The summed E-state index contributed by atoms with van der Waals surface area (Å²) in [5.74, 6) is 1.19. The summed E-state index contributed by atoms with van der Waals surface area (Å²) in [6, 6.07) is 4.12. The van der Waals surface area contributed by atoms with Gasteiger partial charge in [-0.25, -0.2) is 0 Å². The van der Waals surface area contributed by atoms with E-state index in [0.717, 1.165) is 29.7 Å². The highest BCUT2D eigenvalue weighted by Gasteiger charge is 2.41. The van der Waals surface area contributed by atoms with Gasteiger partial charge in [-0.05, 0) is 69.2 Å². The lowest BCUT2D eigenvalue weighted by molar-refractivity contribution is -0.124. The normalized spacial score (nSPS) is 17.0. The molecule has 1 unspecified atom stereocenters. The van der Waals surface area contributed by atoms with E-state index < -0.39 is 5.54 Å². The molecule has 0 bridgehead atoms. The fourth-order valence-electron chi connectivity index (χ4n) is 2.78. The van der Waals surface area contributed by atoms with Crippen LogP contribution in [0.5, 0.6) is 5.75 Å². The van der Waals surface area contributed by atoms with Crippen molar-refractivity contribution < 1.29 is 14.6 Å². The summed E-state index contributed by atoms with van der Waals surface area (Å²) in [4.78, 5) is 12.1. The number of nitrogens with one attached hydrogen (secondary N) is 1. The fraction of sp³-hybridized carbons (Fsp3) is 0.611. The maximum absolute atomic E-state index is 12.1. The van der Waals surface area contributed by atoms with E-state index in [1.807, 2.05) is 26.8 Å². The molecule has 22 heavy (non-hydrogen) atoms. The molecule has 0 radical (unpaired) electrons. The molecule has 0 aliphatic heterocycles. The van der Waals surface area contributed by atoms with Crippen molar-refractivity contribution in [3.63, 3.8) is 0 Å². The van der Waals surface area contributed by atoms with E-state index in [0.29, 0.717) is 18.9 Å². The van der Waals surface area contributed by atoms with Crippen LogP contribution in [0.25, 0.3) is 0 Å². The maximum Gasteiger partial charge on any atom is 0.223 e. The summed E-state index contributed by atoms with van der Waals surface area (Å²) in [5.41, 5.74) is 2.99. The molecule has 1 aliphatic rings. The Hall–Kier alpha value is -1.55. The van der Waals surface area contributed by atoms with Crippen LogP contribution in [-0.4, -0.2) is 29.8 Å². The van der Waals surface area contributed by atoms with Crippen LogP contribution in [-0.2, 0) is 4.79 Å². The lowest BCUT2D eigenvalue weighted by Crippen LogP contribution is -2.51. The fourth-order valence-corrected chi connectivity index (χ4v) is 2.78. The van der Waals surface area contributed by atoms with Gasteiger partial charge < -0.3 is 15.2 Å². The molecule has 0 spiro atoms. The molecule has 1 aromatic carbocycles. The number of carbonyl (C=O) groups is 1. The van der Waals surface area contributed by atoms with E-state index in [4.69, 9.17) is 4.74 Å². The van der Waals surface area contributed by atoms with Crippen molar-refractivity contribution in [3.05, 3.63) is 28.8 Å². The molecule has 122 valence electrons. The van der Waals surface area contributed by atoms with Crippen molar-refractivity contribution >= 4 is 5.91 Å². The largest absolute Gasteiger partial charge is 0.493 e. The molecular formula is C18H27NO3. The number of benzene rings is 1. The Morgan fingerprint density at radius 2 is 2.05 bits per heavy atom. The Morgan fingerprint density at radius 1 is 1.36 bits per heavy atom. The van der Waals surface area contributed by atoms with E-state index in [2.05, 4.69) is 18.3 Å². The van der Waals surface area contributed by atoms with Crippen LogP contribution in [0.1, 0.15) is 42.9 Å². The smallest absolute Gasteiger partial charge is 0.223 e. The molecule has 2 N–H and O–H groups in total. The van der Waals surface area contributed by atoms with Crippen LogP contribution in [0.2, 0.25) is 0 Å². The second-order valence-electron chi connectivity index (χ2n) is 6.70. The summed E-state index contributed by atoms with van der Waals surface area (Å²) in [6.07, 6.45) is 2.46. The van der Waals surface area contributed by atoms with Crippen LogP contribution in [0.3, 0.4) is 0 Å². The predicted octanol–water partition coefficient (Wildman–Crippen LogP) is 2.66. The summed E-state index contributed by atoms with van der Waals surface area (Å²) < 4.78 is 5.77. The Balaban J connectivity index is 1.85. The van der Waals surface area contributed by atoms with E-state index in [-0.39, 0.29) is 12.5 Å². The number of carbonyl (C=O) groups excluding carboxylic acids is 1. The lowest BCUT2D eigenvalue weighted by Gasteiger charge is -2.28. The van der Waals surface area contributed by atoms with E-state index >= 15 is 0 Å². The molecule has 0 heterocycles. The first-order valence-corrected chi connectivity index (χ1v) is 7.98. The third-order valence-electron chi connectivity index (χ3n) is 4.58. The van der Waals surface area contributed by atoms with Gasteiger partial charge in [-0.1, -0.05) is 6.07 Å². The first-order chi connectivity index (χ1) is 10.4. The van der Waals surface area contributed by atoms with Gasteiger partial charge in [-0.3, -0.25) is 4.79 Å². The van der Waals surface area contributed by atoms with Crippen molar-refractivity contribution in [1.82, 2.24) is 5.32 Å². The van der Waals surface area contributed by atoms with Crippen molar-refractivity contribution in [2.45, 2.75) is 52.5 Å². The second-order valence-corrected chi connectivity index (χ2v) is 6.70. The van der Waals surface area contributed by atoms with Crippen LogP contribution in [0.4, 0.5) is 0 Å². The van der Waals surface area contributed by atoms with Crippen LogP contribution >= 0.6 is 0 Å². The summed E-state index contributed by atoms with van der Waals surface area (Å²) in [7, 11) is 0. The topological polar surface area (TPSA) is 58.6 Å². The molecule has 0 saturated heterocycles. The van der Waals surface area contributed by atoms with Gasteiger partial charge in [0, 0.05) is 0 Å². The zero-order chi connectivity index (χ0) is 16.3. The van der Waals surface area contributed by atoms with Crippen molar-refractivity contribution in [3.8, 4) is 5.75 Å². The Kier molecular flexibility index (Phi) is 5.12. The number of amides is 1. The standard InChI is InChI=1S/C18H27NO3/c1-12-9-13(2)14(3)16(10-12)22-8-7-17(21)19-18(4,11-20)15-5-6-15/h9-10,15,20H,5-8,11H2,1-4H3,(H,19,21). The molecule has 0 aromatic heterocycles. The molecule has 1 atom stereocenters. The Bertz CT molecular complexity index is 552. The van der Waals surface area contributed by atoms with Crippen molar-refractivity contribution in [1.29, 1.82) is 0 Å². The number of hydrogen-bond donors (Lipinski definition) is 2. The molecule has 4 heteroatoms. The number of rotatable bonds is 7. The summed E-state index contributed by atoms with van der Waals surface area (Å²) in [5, 5.41) is 12.5. The number of aliphatic hydroxyl groups is 1. The minimum absolute atomic E-state index is 0.0134. The van der Waals surface area contributed by atoms with Gasteiger partial charge in [0.1, 0.15) is 5.75 Å². The monoisotopic (exact) mass is 305 g/mol. The Labute approximate surface area is 132 Å². The molecule has 2 rings (SSSR count). The Morgan fingerprint density at radius 3 is 2.64 bits per heavy atom. The molecule has 1 aromatic rings. The minimum atomic E-state index is -0.479. The highest BCUT2D eigenvalue weighted by molar-refractivity contribution is 5.77. The number of hydrogen-bond acceptors (Lipinski definition) is 3. The van der Waals surface area contributed by atoms with Gasteiger partial charge in [-0.2, -0.15) is 0 Å². The van der Waals surface area contributed by atoms with Gasteiger partial charge in [0.2, 0.25) is 5.91 Å². The van der Waals surface area contributed by atoms with Gasteiger partial charge in [0.25, 0.3) is 0 Å². The van der Waals surface area contributed by atoms with Crippen LogP contribution < -0.4 is 10.1 Å². The number of aliphatic hydroxyl groups excluding tert-OH is 1. The average molecular weight is 305 g/mol. The zero-order valence-electron chi connectivity index (χ0n) is 14.0. The highest BCUT2D eigenvalue weighted by atomic mass is 16.5. The second kappa shape index (κ2) is 6.69. The van der Waals surface area contributed by atoms with Gasteiger partial charge in [0.05, 0.1) is 25.2 Å². The minimum Gasteiger partial charge on any atom is -0.493 e. The first-order valence-electron chi connectivity index (χ1n) is 7.98. The van der Waals surface area contributed by atoms with E-state index in [1.165, 1.54) is 5.56 Å². The molecular weight excluding hydrogens is 278 g/mol. The van der Waals surface area contributed by atoms with Gasteiger partial charge >= 0.3 is 0 Å².